The molecule has 0 fully saturated rings. The molecule has 14 nitrogen and oxygen atoms in total. The number of hydrogen-bond acceptors (Lipinski definition) is 13. The molecule has 0 saturated carbocycles. The maximum atomic E-state index is 13.2. The number of carbonyl (C=O) groups excluding carboxylic acids is 6. The molecule has 0 heterocycles. The fraction of sp³-hybridized carbons (Fsp3) is 0.556. The number of rotatable bonds is 15. The van der Waals surface area contributed by atoms with Crippen LogP contribution in [0.1, 0.15) is 56.1 Å². The maximum Gasteiger partial charge on any atom is 0.339 e. The predicted octanol–water partition coefficient (Wildman–Crippen LogP) is 2.81. The van der Waals surface area contributed by atoms with Crippen LogP contribution in [0.3, 0.4) is 0 Å². The maximum absolute atomic E-state index is 13.2. The van der Waals surface area contributed by atoms with Gasteiger partial charge in [0.15, 0.2) is 6.04 Å². The van der Waals surface area contributed by atoms with Gasteiger partial charge in [0.1, 0.15) is 24.1 Å². The molecule has 0 spiro atoms. The van der Waals surface area contributed by atoms with Crippen molar-refractivity contribution in [3.8, 4) is 11.5 Å². The fourth-order valence-electron chi connectivity index (χ4n) is 3.54. The van der Waals surface area contributed by atoms with E-state index in [4.69, 9.17) is 58.6 Å². The molecule has 1 aromatic rings. The molecule has 0 radical (unpaired) electrons. The van der Waals surface area contributed by atoms with Gasteiger partial charge in [0.25, 0.3) is 0 Å². The van der Waals surface area contributed by atoms with Crippen LogP contribution in [-0.4, -0.2) is 93.9 Å². The number of halogens is 3. The highest BCUT2D eigenvalue weighted by atomic mass is 35.6. The van der Waals surface area contributed by atoms with Gasteiger partial charge in [-0.15, -0.1) is 0 Å². The molecule has 1 rings (SSSR count). The fourth-order valence-corrected chi connectivity index (χ4v) is 4.77. The number of thioether (sulfide) groups is 1. The minimum Gasteiger partial charge on any atom is -0.467 e. The van der Waals surface area contributed by atoms with Crippen molar-refractivity contribution in [3.63, 3.8) is 0 Å². The van der Waals surface area contributed by atoms with E-state index in [1.807, 2.05) is 0 Å². The number of aliphatic hydroxyl groups excluding tert-OH is 1. The Morgan fingerprint density at radius 2 is 1.64 bits per heavy atom. The first-order valence-corrected chi connectivity index (χ1v) is 15.3. The molecule has 2 unspecified atom stereocenters. The van der Waals surface area contributed by atoms with Crippen molar-refractivity contribution in [1.29, 1.82) is 0 Å². The van der Waals surface area contributed by atoms with Crippen molar-refractivity contribution in [1.82, 2.24) is 10.4 Å². The minimum absolute atomic E-state index is 0.0896. The zero-order valence-electron chi connectivity index (χ0n) is 25.6. The number of methoxy groups -OCH3 is 1. The molecule has 0 bridgehead atoms. The van der Waals surface area contributed by atoms with Crippen LogP contribution >= 0.6 is 46.6 Å². The van der Waals surface area contributed by atoms with Gasteiger partial charge < -0.3 is 29.4 Å². The zero-order valence-corrected chi connectivity index (χ0v) is 28.6. The number of amides is 2. The number of benzene rings is 1. The van der Waals surface area contributed by atoms with Gasteiger partial charge in [0.05, 0.1) is 24.9 Å². The van der Waals surface area contributed by atoms with Crippen molar-refractivity contribution >= 4 is 82.8 Å². The van der Waals surface area contributed by atoms with E-state index in [-0.39, 0.29) is 46.1 Å². The highest BCUT2D eigenvalue weighted by molar-refractivity contribution is 7.98. The summed E-state index contributed by atoms with van der Waals surface area (Å²) in [7, 11) is 1.09. The van der Waals surface area contributed by atoms with Gasteiger partial charge in [-0.05, 0) is 27.7 Å². The van der Waals surface area contributed by atoms with Crippen LogP contribution in [0.4, 0.5) is 0 Å². The van der Waals surface area contributed by atoms with Crippen LogP contribution in [-0.2, 0) is 44.0 Å². The first-order valence-electron chi connectivity index (χ1n) is 13.0. The van der Waals surface area contributed by atoms with E-state index in [9.17, 15) is 33.9 Å². The molecule has 2 amide bonds. The first kappa shape index (κ1) is 40.2. The van der Waals surface area contributed by atoms with E-state index in [0.717, 1.165) is 32.7 Å². The highest BCUT2D eigenvalue weighted by Gasteiger charge is 2.33. The Balaban J connectivity index is 3.45. The summed E-state index contributed by atoms with van der Waals surface area (Å²) < 4.78 is 18.5. The Morgan fingerprint density at radius 3 is 2.11 bits per heavy atom. The Kier molecular flexibility index (Phi) is 15.9. The summed E-state index contributed by atoms with van der Waals surface area (Å²) in [5.74, 6) is -4.90. The lowest BCUT2D eigenvalue weighted by molar-refractivity contribution is -0.234. The van der Waals surface area contributed by atoms with Crippen LogP contribution < -0.4 is 14.8 Å². The molecular formula is C27H35Cl3N2O12S. The molecule has 0 aliphatic rings. The number of nitrogens with one attached hydrogen (secondary N) is 1. The summed E-state index contributed by atoms with van der Waals surface area (Å²) in [6.45, 7) is 7.06. The lowest BCUT2D eigenvalue weighted by Gasteiger charge is -2.31. The van der Waals surface area contributed by atoms with Gasteiger partial charge in [-0.1, -0.05) is 34.8 Å². The molecule has 18 heteroatoms. The minimum atomic E-state index is -1.96. The number of ether oxygens (including phenoxy) is 4. The molecule has 2 atom stereocenters. The van der Waals surface area contributed by atoms with Crippen LogP contribution in [0.5, 0.6) is 11.5 Å². The summed E-state index contributed by atoms with van der Waals surface area (Å²) in [5, 5.41) is 12.9. The second-order valence-electron chi connectivity index (χ2n) is 10.2. The Bertz CT molecular complexity index is 1270. The van der Waals surface area contributed by atoms with Gasteiger partial charge in [0.2, 0.25) is 16.1 Å². The third-order valence-electron chi connectivity index (χ3n) is 5.28. The summed E-state index contributed by atoms with van der Waals surface area (Å²) >= 11 is 18.2. The Labute approximate surface area is 279 Å². The van der Waals surface area contributed by atoms with Crippen molar-refractivity contribution < 1.29 is 57.7 Å². The van der Waals surface area contributed by atoms with Crippen molar-refractivity contribution in [2.45, 2.75) is 68.8 Å². The molecule has 0 aliphatic carbocycles. The standard InChI is InChI=1S/C27H35Cl3N2O12S/c1-14-20(42-15(2)35)8-21(43-16(3)36)17(22(14)25(39)41-12-27(28,29)30)10-45-11-18(24(38)40-7)31-23(37)19(9-33)32(13-34)44-26(4,5)6/h8,13,18-19,33H,9-12H2,1-7H3,(H,31,37). The second kappa shape index (κ2) is 17.8. The average molecular weight is 718 g/mol. The molecule has 252 valence electrons. The van der Waals surface area contributed by atoms with E-state index in [1.165, 1.54) is 13.0 Å². The number of esters is 4. The lowest BCUT2D eigenvalue weighted by Crippen LogP contribution is -2.55. The van der Waals surface area contributed by atoms with E-state index >= 15 is 0 Å². The molecule has 2 N–H and O–H groups in total. The average Bonchev–Trinajstić information content (AvgIpc) is 2.91. The van der Waals surface area contributed by atoms with Crippen LogP contribution in [0, 0.1) is 6.92 Å². The largest absolute Gasteiger partial charge is 0.467 e. The summed E-state index contributed by atoms with van der Waals surface area (Å²) in [6.07, 6.45) is 0.218. The molecule has 0 aliphatic heterocycles. The van der Waals surface area contributed by atoms with Gasteiger partial charge in [-0.3, -0.25) is 24.0 Å². The van der Waals surface area contributed by atoms with Crippen LogP contribution in [0.15, 0.2) is 6.07 Å². The monoisotopic (exact) mass is 716 g/mol. The summed E-state index contributed by atoms with van der Waals surface area (Å²) in [6, 6.07) is -1.60. The number of carbonyl (C=O) groups is 6. The van der Waals surface area contributed by atoms with Crippen molar-refractivity contribution in [2.75, 3.05) is 26.1 Å². The molecule has 0 aromatic heterocycles. The number of aliphatic hydroxyl groups is 1. The van der Waals surface area contributed by atoms with E-state index in [2.05, 4.69) is 5.32 Å². The third-order valence-corrected chi connectivity index (χ3v) is 6.67. The van der Waals surface area contributed by atoms with Gasteiger partial charge in [0, 0.05) is 42.5 Å². The highest BCUT2D eigenvalue weighted by Crippen LogP contribution is 2.37. The second-order valence-corrected chi connectivity index (χ2v) is 13.7. The topological polar surface area (TPSA) is 184 Å². The summed E-state index contributed by atoms with van der Waals surface area (Å²) in [5.41, 5.74) is -0.854. The van der Waals surface area contributed by atoms with E-state index in [0.29, 0.717) is 5.06 Å². The Hall–Kier alpha value is -2.82. The van der Waals surface area contributed by atoms with Gasteiger partial charge in [-0.25, -0.2) is 14.7 Å². The number of nitrogens with zero attached hydrogens (tertiary/aromatic N) is 1. The van der Waals surface area contributed by atoms with Gasteiger partial charge >= 0.3 is 23.9 Å². The predicted molar refractivity (Wildman–Crippen MR) is 164 cm³/mol. The van der Waals surface area contributed by atoms with Crippen LogP contribution in [0.2, 0.25) is 0 Å². The molecule has 45 heavy (non-hydrogen) atoms. The quantitative estimate of drug-likeness (QED) is 0.0889. The number of hydroxylamine groups is 2. The Morgan fingerprint density at radius 1 is 1.07 bits per heavy atom. The SMILES string of the molecule is COC(=O)C(CSCc1c(OC(C)=O)cc(OC(C)=O)c(C)c1C(=O)OCC(Cl)(Cl)Cl)NC(=O)C(CO)N(C=O)OC(C)(C)C. The number of alkyl halides is 3. The lowest BCUT2D eigenvalue weighted by atomic mass is 10.0. The van der Waals surface area contributed by atoms with Crippen molar-refractivity contribution in [3.05, 3.63) is 22.8 Å². The zero-order chi connectivity index (χ0) is 34.7. The van der Waals surface area contributed by atoms with Gasteiger partial charge in [-0.2, -0.15) is 11.8 Å². The molecular weight excluding hydrogens is 683 g/mol. The smallest absolute Gasteiger partial charge is 0.339 e. The first-order chi connectivity index (χ1) is 20.7. The van der Waals surface area contributed by atoms with Crippen LogP contribution in [0.25, 0.3) is 0 Å². The van der Waals surface area contributed by atoms with Crippen molar-refractivity contribution in [2.24, 2.45) is 0 Å². The van der Waals surface area contributed by atoms with E-state index < -0.39 is 64.5 Å². The third kappa shape index (κ3) is 13.6. The number of hydrogen-bond donors (Lipinski definition) is 2. The summed E-state index contributed by atoms with van der Waals surface area (Å²) in [4.78, 5) is 79.5. The molecule has 1 aromatic carbocycles. The normalized spacial score (nSPS) is 12.8. The van der Waals surface area contributed by atoms with E-state index in [1.54, 1.807) is 20.8 Å². The molecule has 0 saturated heterocycles.